The molecule has 8 aromatic carbocycles. The van der Waals surface area contributed by atoms with Crippen LogP contribution in [0.15, 0.2) is 160 Å². The van der Waals surface area contributed by atoms with Crippen molar-refractivity contribution in [1.29, 1.82) is 0 Å². The molecule has 10 aromatic rings. The van der Waals surface area contributed by atoms with Crippen molar-refractivity contribution < 1.29 is 8.83 Å². The second-order valence-corrected chi connectivity index (χ2v) is 11.7. The number of furan rings is 2. The van der Waals surface area contributed by atoms with E-state index in [2.05, 4.69) is 138 Å². The highest BCUT2D eigenvalue weighted by atomic mass is 16.3. The third-order valence-corrected chi connectivity index (χ3v) is 9.20. The van der Waals surface area contributed by atoms with Crippen LogP contribution in [0.1, 0.15) is 0 Å². The summed E-state index contributed by atoms with van der Waals surface area (Å²) < 4.78 is 12.7. The highest BCUT2D eigenvalue weighted by molar-refractivity contribution is 6.32. The Balaban J connectivity index is 1.31. The van der Waals surface area contributed by atoms with Crippen LogP contribution >= 0.6 is 0 Å². The fourth-order valence-corrected chi connectivity index (χ4v) is 7.25. The standard InChI is InChI=1S/C42H25NO2/c1-2-10-28(11-3-1)43(29-21-22-32-31-13-6-8-16-36(31)45-39(32)25-29)35-24-27-19-18-26-20-23-38-42(34-15-7-9-17-37(34)44-38)41(26)40(27)33-14-5-4-12-30(33)35/h1-25H. The van der Waals surface area contributed by atoms with Crippen molar-refractivity contribution in [1.82, 2.24) is 0 Å². The van der Waals surface area contributed by atoms with Gasteiger partial charge in [0.15, 0.2) is 0 Å². The summed E-state index contributed by atoms with van der Waals surface area (Å²) in [5, 5.41) is 11.8. The fraction of sp³-hybridized carbons (Fsp3) is 0. The number of hydrogen-bond acceptors (Lipinski definition) is 3. The van der Waals surface area contributed by atoms with Crippen LogP contribution in [0, 0.1) is 0 Å². The average Bonchev–Trinajstić information content (AvgIpc) is 3.67. The van der Waals surface area contributed by atoms with Crippen molar-refractivity contribution in [2.45, 2.75) is 0 Å². The van der Waals surface area contributed by atoms with Gasteiger partial charge in [-0.25, -0.2) is 0 Å². The summed E-state index contributed by atoms with van der Waals surface area (Å²) in [6.07, 6.45) is 0. The van der Waals surface area contributed by atoms with Gasteiger partial charge in [0.05, 0.1) is 5.69 Å². The zero-order valence-corrected chi connectivity index (χ0v) is 24.2. The lowest BCUT2D eigenvalue weighted by atomic mass is 9.92. The van der Waals surface area contributed by atoms with E-state index in [1.54, 1.807) is 0 Å². The number of rotatable bonds is 3. The lowest BCUT2D eigenvalue weighted by molar-refractivity contribution is 0.668. The van der Waals surface area contributed by atoms with E-state index in [1.807, 2.05) is 18.2 Å². The molecule has 3 heteroatoms. The van der Waals surface area contributed by atoms with E-state index in [4.69, 9.17) is 8.83 Å². The molecule has 0 spiro atoms. The quantitative estimate of drug-likeness (QED) is 0.196. The lowest BCUT2D eigenvalue weighted by Crippen LogP contribution is -2.10. The Hall–Kier alpha value is -6.06. The first-order valence-electron chi connectivity index (χ1n) is 15.3. The van der Waals surface area contributed by atoms with Crippen LogP contribution in [0.4, 0.5) is 17.1 Å². The molecule has 0 aliphatic heterocycles. The number of benzene rings is 8. The zero-order chi connectivity index (χ0) is 29.5. The molecule has 0 saturated carbocycles. The Morgan fingerprint density at radius 2 is 0.956 bits per heavy atom. The van der Waals surface area contributed by atoms with Gasteiger partial charge in [0.1, 0.15) is 22.3 Å². The van der Waals surface area contributed by atoms with Gasteiger partial charge in [0.2, 0.25) is 0 Å². The van der Waals surface area contributed by atoms with Gasteiger partial charge in [0.25, 0.3) is 0 Å². The van der Waals surface area contributed by atoms with Gasteiger partial charge in [0, 0.05) is 49.8 Å². The minimum Gasteiger partial charge on any atom is -0.456 e. The molecule has 0 unspecified atom stereocenters. The molecule has 210 valence electrons. The van der Waals surface area contributed by atoms with E-state index < -0.39 is 0 Å². The topological polar surface area (TPSA) is 29.5 Å². The molecule has 45 heavy (non-hydrogen) atoms. The van der Waals surface area contributed by atoms with Gasteiger partial charge in [-0.3, -0.25) is 0 Å². The lowest BCUT2D eigenvalue weighted by Gasteiger charge is -2.27. The molecule has 0 aliphatic carbocycles. The number of fused-ring (bicyclic) bond motifs is 12. The van der Waals surface area contributed by atoms with E-state index in [-0.39, 0.29) is 0 Å². The SMILES string of the molecule is c1ccc(N(c2ccc3c(c2)oc2ccccc23)c2cc3ccc4ccc5oc6ccccc6c5c4c3c3ccccc23)cc1. The number of para-hydroxylation sites is 3. The molecular weight excluding hydrogens is 550 g/mol. The van der Waals surface area contributed by atoms with Gasteiger partial charge >= 0.3 is 0 Å². The molecule has 2 heterocycles. The molecule has 2 aromatic heterocycles. The zero-order valence-electron chi connectivity index (χ0n) is 24.2. The maximum atomic E-state index is 6.35. The predicted molar refractivity (Wildman–Crippen MR) is 188 cm³/mol. The minimum atomic E-state index is 0.875. The summed E-state index contributed by atoms with van der Waals surface area (Å²) in [5.74, 6) is 0. The van der Waals surface area contributed by atoms with Crippen LogP contribution in [0.2, 0.25) is 0 Å². The van der Waals surface area contributed by atoms with Gasteiger partial charge in [-0.2, -0.15) is 0 Å². The van der Waals surface area contributed by atoms with Crippen molar-refractivity contribution in [3.05, 3.63) is 152 Å². The van der Waals surface area contributed by atoms with Crippen molar-refractivity contribution in [3.8, 4) is 0 Å². The first kappa shape index (κ1) is 24.4. The highest BCUT2D eigenvalue weighted by Crippen LogP contribution is 2.46. The van der Waals surface area contributed by atoms with Gasteiger partial charge in [-0.05, 0) is 70.1 Å². The molecule has 0 fully saturated rings. The van der Waals surface area contributed by atoms with E-state index >= 15 is 0 Å². The van der Waals surface area contributed by atoms with Crippen molar-refractivity contribution in [2.75, 3.05) is 4.90 Å². The third-order valence-electron chi connectivity index (χ3n) is 9.20. The third kappa shape index (κ3) is 3.52. The predicted octanol–water partition coefficient (Wildman–Crippen LogP) is 12.4. The maximum Gasteiger partial charge on any atom is 0.137 e. The summed E-state index contributed by atoms with van der Waals surface area (Å²) >= 11 is 0. The molecule has 0 amide bonds. The first-order chi connectivity index (χ1) is 22.3. The molecule has 0 aliphatic rings. The van der Waals surface area contributed by atoms with Crippen molar-refractivity contribution in [2.24, 2.45) is 0 Å². The van der Waals surface area contributed by atoms with Crippen LogP contribution in [0.25, 0.3) is 76.2 Å². The smallest absolute Gasteiger partial charge is 0.137 e. The number of anilines is 3. The summed E-state index contributed by atoms with van der Waals surface area (Å²) in [6, 6.07) is 53.6. The minimum absolute atomic E-state index is 0.875. The average molecular weight is 576 g/mol. The van der Waals surface area contributed by atoms with Crippen LogP contribution in [-0.4, -0.2) is 0 Å². The highest BCUT2D eigenvalue weighted by Gasteiger charge is 2.21. The van der Waals surface area contributed by atoms with Gasteiger partial charge < -0.3 is 13.7 Å². The Bertz CT molecular complexity index is 2770. The number of nitrogens with zero attached hydrogens (tertiary/aromatic N) is 1. The van der Waals surface area contributed by atoms with Crippen LogP contribution in [-0.2, 0) is 0 Å². The second-order valence-electron chi connectivity index (χ2n) is 11.7. The van der Waals surface area contributed by atoms with E-state index in [1.165, 1.54) is 37.7 Å². The van der Waals surface area contributed by atoms with Gasteiger partial charge in [-0.1, -0.05) is 97.1 Å². The first-order valence-corrected chi connectivity index (χ1v) is 15.3. The molecule has 0 saturated heterocycles. The van der Waals surface area contributed by atoms with Crippen molar-refractivity contribution >= 4 is 93.3 Å². The fourth-order valence-electron chi connectivity index (χ4n) is 7.25. The summed E-state index contributed by atoms with van der Waals surface area (Å²) in [7, 11) is 0. The van der Waals surface area contributed by atoms with Crippen LogP contribution < -0.4 is 4.90 Å². The van der Waals surface area contributed by atoms with E-state index in [9.17, 15) is 0 Å². The van der Waals surface area contributed by atoms with Crippen LogP contribution in [0.3, 0.4) is 0 Å². The molecule has 0 bridgehead atoms. The van der Waals surface area contributed by atoms with Gasteiger partial charge in [-0.15, -0.1) is 0 Å². The van der Waals surface area contributed by atoms with E-state index in [0.717, 1.165) is 55.6 Å². The Kier molecular flexibility index (Phi) is 5.00. The van der Waals surface area contributed by atoms with Crippen molar-refractivity contribution in [3.63, 3.8) is 0 Å². The summed E-state index contributed by atoms with van der Waals surface area (Å²) in [4.78, 5) is 2.35. The maximum absolute atomic E-state index is 6.35. The molecule has 0 N–H and O–H groups in total. The largest absolute Gasteiger partial charge is 0.456 e. The normalized spacial score (nSPS) is 12.0. The molecule has 3 nitrogen and oxygen atoms in total. The molecular formula is C42H25NO2. The monoisotopic (exact) mass is 575 g/mol. The second kappa shape index (κ2) is 9.22. The Morgan fingerprint density at radius 1 is 0.333 bits per heavy atom. The molecule has 0 radical (unpaired) electrons. The molecule has 0 atom stereocenters. The molecule has 10 rings (SSSR count). The van der Waals surface area contributed by atoms with Crippen LogP contribution in [0.5, 0.6) is 0 Å². The summed E-state index contributed by atoms with van der Waals surface area (Å²) in [5.41, 5.74) is 6.84. The summed E-state index contributed by atoms with van der Waals surface area (Å²) in [6.45, 7) is 0. The Labute approximate surface area is 258 Å². The van der Waals surface area contributed by atoms with E-state index in [0.29, 0.717) is 0 Å². The number of hydrogen-bond donors (Lipinski definition) is 0. The Morgan fingerprint density at radius 3 is 1.80 bits per heavy atom.